The van der Waals surface area contributed by atoms with Crippen molar-refractivity contribution in [2.45, 2.75) is 0 Å². The van der Waals surface area contributed by atoms with Gasteiger partial charge in [-0.05, 0) is 0 Å². The van der Waals surface area contributed by atoms with Gasteiger partial charge in [-0.15, -0.1) is 0 Å². The van der Waals surface area contributed by atoms with E-state index in [1.165, 1.54) is 12.3 Å². The molecule has 3 nitrogen and oxygen atoms in total. The highest BCUT2D eigenvalue weighted by Crippen LogP contribution is 1.97. The standard InChI is InChI=1S/C5H4BrNO2/c6-3-5(8)4-1-2-9-7-4/h1-2H,3H2. The first-order chi connectivity index (χ1) is 4.34. The van der Waals surface area contributed by atoms with Crippen molar-refractivity contribution < 1.29 is 9.32 Å². The molecule has 48 valence electrons. The van der Waals surface area contributed by atoms with Crippen molar-refractivity contribution in [1.82, 2.24) is 5.16 Å². The van der Waals surface area contributed by atoms with Crippen LogP contribution in [0.15, 0.2) is 16.9 Å². The second kappa shape index (κ2) is 2.77. The number of carbonyl (C=O) groups is 1. The van der Waals surface area contributed by atoms with E-state index in [1.807, 2.05) is 0 Å². The number of Topliss-reactive ketones (excluding diaryl/α,β-unsaturated/α-hetero) is 1. The highest BCUT2D eigenvalue weighted by Gasteiger charge is 2.04. The molecule has 0 spiro atoms. The first kappa shape index (κ1) is 6.48. The number of halogens is 1. The minimum absolute atomic E-state index is 0.0660. The molecule has 1 rings (SSSR count). The zero-order valence-electron chi connectivity index (χ0n) is 4.50. The molecule has 1 aromatic heterocycles. The van der Waals surface area contributed by atoms with E-state index in [0.717, 1.165) is 0 Å². The van der Waals surface area contributed by atoms with Gasteiger partial charge in [-0.3, -0.25) is 4.79 Å². The van der Waals surface area contributed by atoms with Crippen LogP contribution in [0.4, 0.5) is 0 Å². The van der Waals surface area contributed by atoms with Crippen LogP contribution in [0.1, 0.15) is 10.5 Å². The number of aromatic nitrogens is 1. The summed E-state index contributed by atoms with van der Waals surface area (Å²) in [7, 11) is 0. The predicted octanol–water partition coefficient (Wildman–Crippen LogP) is 1.25. The Morgan fingerprint density at radius 3 is 3.11 bits per heavy atom. The van der Waals surface area contributed by atoms with Crippen LogP contribution in [0.5, 0.6) is 0 Å². The van der Waals surface area contributed by atoms with Gasteiger partial charge in [0.2, 0.25) is 0 Å². The van der Waals surface area contributed by atoms with E-state index in [4.69, 9.17) is 0 Å². The molecule has 0 fully saturated rings. The molecule has 0 atom stereocenters. The van der Waals surface area contributed by atoms with Crippen LogP contribution in [0, 0.1) is 0 Å². The van der Waals surface area contributed by atoms with E-state index in [2.05, 4.69) is 25.6 Å². The molecule has 9 heavy (non-hydrogen) atoms. The summed E-state index contributed by atoms with van der Waals surface area (Å²) in [5, 5.41) is 3.72. The van der Waals surface area contributed by atoms with Crippen LogP contribution in [0.3, 0.4) is 0 Å². The fraction of sp³-hybridized carbons (Fsp3) is 0.200. The number of nitrogens with zero attached hydrogens (tertiary/aromatic N) is 1. The molecule has 0 radical (unpaired) electrons. The van der Waals surface area contributed by atoms with Crippen molar-refractivity contribution in [3.8, 4) is 0 Å². The van der Waals surface area contributed by atoms with Crippen LogP contribution in [-0.4, -0.2) is 16.3 Å². The molecule has 1 aromatic rings. The lowest BCUT2D eigenvalue weighted by molar-refractivity contribution is 0.101. The highest BCUT2D eigenvalue weighted by molar-refractivity contribution is 9.09. The van der Waals surface area contributed by atoms with Gasteiger partial charge in [0.1, 0.15) is 12.0 Å². The van der Waals surface area contributed by atoms with Gasteiger partial charge < -0.3 is 4.52 Å². The van der Waals surface area contributed by atoms with E-state index in [0.29, 0.717) is 11.0 Å². The van der Waals surface area contributed by atoms with Crippen LogP contribution >= 0.6 is 15.9 Å². The molecule has 4 heteroatoms. The number of carbonyl (C=O) groups excluding carboxylic acids is 1. The van der Waals surface area contributed by atoms with Gasteiger partial charge in [0, 0.05) is 6.07 Å². The Kier molecular flexibility index (Phi) is 2.00. The molecule has 0 saturated carbocycles. The Labute approximate surface area is 60.2 Å². The lowest BCUT2D eigenvalue weighted by atomic mass is 10.3. The molecule has 0 amide bonds. The Bertz CT molecular complexity index is 195. The van der Waals surface area contributed by atoms with E-state index in [9.17, 15) is 4.79 Å². The summed E-state index contributed by atoms with van der Waals surface area (Å²) >= 11 is 3.00. The summed E-state index contributed by atoms with van der Waals surface area (Å²) in [5.74, 6) is -0.0660. The van der Waals surface area contributed by atoms with Crippen molar-refractivity contribution in [3.63, 3.8) is 0 Å². The third-order valence-electron chi connectivity index (χ3n) is 0.845. The van der Waals surface area contributed by atoms with Gasteiger partial charge in [-0.25, -0.2) is 0 Å². The van der Waals surface area contributed by atoms with Crippen molar-refractivity contribution in [2.75, 3.05) is 5.33 Å². The summed E-state index contributed by atoms with van der Waals surface area (Å²) in [6, 6.07) is 1.53. The SMILES string of the molecule is O=C(CBr)c1ccon1. The molecular formula is C5H4BrNO2. The van der Waals surface area contributed by atoms with Crippen molar-refractivity contribution in [3.05, 3.63) is 18.0 Å². The number of ketones is 1. The van der Waals surface area contributed by atoms with E-state index >= 15 is 0 Å². The number of hydrogen-bond acceptors (Lipinski definition) is 3. The number of hydrogen-bond donors (Lipinski definition) is 0. The molecule has 0 bridgehead atoms. The molecule has 1 heterocycles. The zero-order valence-corrected chi connectivity index (χ0v) is 6.09. The predicted molar refractivity (Wildman–Crippen MR) is 34.6 cm³/mol. The highest BCUT2D eigenvalue weighted by atomic mass is 79.9. The lowest BCUT2D eigenvalue weighted by Crippen LogP contribution is -1.98. The molecule has 0 aliphatic carbocycles. The molecule has 0 aliphatic heterocycles. The Balaban J connectivity index is 2.77. The fourth-order valence-corrected chi connectivity index (χ4v) is 0.712. The molecule has 0 aromatic carbocycles. The topological polar surface area (TPSA) is 43.1 Å². The largest absolute Gasteiger partial charge is 0.364 e. The van der Waals surface area contributed by atoms with Gasteiger partial charge in [-0.1, -0.05) is 21.1 Å². The average Bonchev–Trinajstić information content (AvgIpc) is 2.37. The summed E-state index contributed by atoms with van der Waals surface area (Å²) in [6.07, 6.45) is 1.37. The third-order valence-corrected chi connectivity index (χ3v) is 1.35. The first-order valence-electron chi connectivity index (χ1n) is 2.34. The normalized spacial score (nSPS) is 9.44. The summed E-state index contributed by atoms with van der Waals surface area (Å²) in [6.45, 7) is 0. The maximum Gasteiger partial charge on any atom is 0.195 e. The number of alkyl halides is 1. The summed E-state index contributed by atoms with van der Waals surface area (Å²) < 4.78 is 4.45. The average molecular weight is 190 g/mol. The minimum atomic E-state index is -0.0660. The quantitative estimate of drug-likeness (QED) is 0.520. The zero-order chi connectivity index (χ0) is 6.69. The molecule has 0 saturated heterocycles. The van der Waals surface area contributed by atoms with Crippen LogP contribution in [0.25, 0.3) is 0 Å². The smallest absolute Gasteiger partial charge is 0.195 e. The van der Waals surface area contributed by atoms with Crippen LogP contribution in [-0.2, 0) is 0 Å². The van der Waals surface area contributed by atoms with Crippen molar-refractivity contribution >= 4 is 21.7 Å². The van der Waals surface area contributed by atoms with Gasteiger partial charge in [0.05, 0.1) is 5.33 Å². The summed E-state index contributed by atoms with van der Waals surface area (Å²) in [4.78, 5) is 10.7. The minimum Gasteiger partial charge on any atom is -0.364 e. The molecule has 0 unspecified atom stereocenters. The van der Waals surface area contributed by atoms with Gasteiger partial charge in [-0.2, -0.15) is 0 Å². The second-order valence-electron chi connectivity index (χ2n) is 1.44. The van der Waals surface area contributed by atoms with Gasteiger partial charge in [0.15, 0.2) is 5.78 Å². The molecule has 0 N–H and O–H groups in total. The van der Waals surface area contributed by atoms with Gasteiger partial charge in [0.25, 0.3) is 0 Å². The Morgan fingerprint density at radius 1 is 1.89 bits per heavy atom. The maximum absolute atomic E-state index is 10.7. The monoisotopic (exact) mass is 189 g/mol. The van der Waals surface area contributed by atoms with E-state index < -0.39 is 0 Å². The van der Waals surface area contributed by atoms with Crippen molar-refractivity contribution in [2.24, 2.45) is 0 Å². The van der Waals surface area contributed by atoms with Crippen LogP contribution < -0.4 is 0 Å². The van der Waals surface area contributed by atoms with E-state index in [-0.39, 0.29) is 5.78 Å². The third kappa shape index (κ3) is 1.38. The molecular weight excluding hydrogens is 186 g/mol. The summed E-state index contributed by atoms with van der Waals surface area (Å²) in [5.41, 5.74) is 0.367. The maximum atomic E-state index is 10.7. The number of rotatable bonds is 2. The Morgan fingerprint density at radius 2 is 2.67 bits per heavy atom. The van der Waals surface area contributed by atoms with Crippen molar-refractivity contribution in [1.29, 1.82) is 0 Å². The van der Waals surface area contributed by atoms with E-state index in [1.54, 1.807) is 0 Å². The lowest BCUT2D eigenvalue weighted by Gasteiger charge is -1.82. The van der Waals surface area contributed by atoms with Crippen LogP contribution in [0.2, 0.25) is 0 Å². The molecule has 0 aliphatic rings. The second-order valence-corrected chi connectivity index (χ2v) is 2.00. The first-order valence-corrected chi connectivity index (χ1v) is 3.46. The fourth-order valence-electron chi connectivity index (χ4n) is 0.425. The van der Waals surface area contributed by atoms with Gasteiger partial charge >= 0.3 is 0 Å². The Hall–Kier alpha value is -0.640.